The Hall–Kier alpha value is -0.610. The van der Waals surface area contributed by atoms with E-state index in [0.29, 0.717) is 13.0 Å². The second kappa shape index (κ2) is 6.12. The Bertz CT molecular complexity index is 113. The monoisotopic (exact) mass is 162 g/mol. The predicted molar refractivity (Wildman–Crippen MR) is 39.3 cm³/mol. The summed E-state index contributed by atoms with van der Waals surface area (Å²) in [4.78, 5) is 10.2. The molecule has 0 radical (unpaired) electrons. The number of carboxylic acids is 1. The Balaban J connectivity index is 3.17. The first-order valence-corrected chi connectivity index (χ1v) is 3.60. The molecule has 1 unspecified atom stereocenters. The summed E-state index contributed by atoms with van der Waals surface area (Å²) in [7, 11) is 0. The van der Waals surface area contributed by atoms with E-state index in [4.69, 9.17) is 14.9 Å². The molecule has 4 heteroatoms. The molecule has 0 aliphatic carbocycles. The maximum atomic E-state index is 10.2. The topological polar surface area (TPSA) is 66.8 Å². The van der Waals surface area contributed by atoms with Crippen molar-refractivity contribution in [2.75, 3.05) is 19.8 Å². The third-order valence-electron chi connectivity index (χ3n) is 1.24. The zero-order chi connectivity index (χ0) is 8.69. The van der Waals surface area contributed by atoms with E-state index in [1.807, 2.05) is 0 Å². The fraction of sp³-hybridized carbons (Fsp3) is 0.857. The van der Waals surface area contributed by atoms with Crippen LogP contribution in [-0.2, 0) is 9.53 Å². The highest BCUT2D eigenvalue weighted by atomic mass is 16.5. The zero-order valence-corrected chi connectivity index (χ0v) is 6.62. The van der Waals surface area contributed by atoms with Gasteiger partial charge in [-0.3, -0.25) is 4.79 Å². The summed E-state index contributed by atoms with van der Waals surface area (Å²) < 4.78 is 4.96. The van der Waals surface area contributed by atoms with E-state index >= 15 is 0 Å². The van der Waals surface area contributed by atoms with Crippen molar-refractivity contribution in [3.8, 4) is 0 Å². The Morgan fingerprint density at radius 3 is 2.73 bits per heavy atom. The lowest BCUT2D eigenvalue weighted by molar-refractivity contribution is -0.143. The minimum atomic E-state index is -0.853. The van der Waals surface area contributed by atoms with Gasteiger partial charge in [-0.1, -0.05) is 0 Å². The van der Waals surface area contributed by atoms with E-state index in [-0.39, 0.29) is 13.2 Å². The van der Waals surface area contributed by atoms with Crippen LogP contribution in [0.2, 0.25) is 0 Å². The molecule has 0 fully saturated rings. The molecule has 0 bridgehead atoms. The molecule has 0 heterocycles. The van der Waals surface area contributed by atoms with Gasteiger partial charge in [-0.25, -0.2) is 0 Å². The molecular formula is C7H14O4. The largest absolute Gasteiger partial charge is 0.481 e. The van der Waals surface area contributed by atoms with Crippen LogP contribution in [0.15, 0.2) is 0 Å². The number of hydrogen-bond acceptors (Lipinski definition) is 3. The highest BCUT2D eigenvalue weighted by Gasteiger charge is 2.09. The van der Waals surface area contributed by atoms with E-state index in [1.54, 1.807) is 6.92 Å². The van der Waals surface area contributed by atoms with Gasteiger partial charge in [0.1, 0.15) is 0 Å². The number of aliphatic hydroxyl groups excluding tert-OH is 1. The average molecular weight is 162 g/mol. The van der Waals surface area contributed by atoms with Gasteiger partial charge < -0.3 is 14.9 Å². The van der Waals surface area contributed by atoms with Crippen molar-refractivity contribution in [3.63, 3.8) is 0 Å². The molecule has 0 aromatic carbocycles. The first-order chi connectivity index (χ1) is 5.18. The summed E-state index contributed by atoms with van der Waals surface area (Å²) in [5, 5.41) is 16.8. The number of carboxylic acid groups (broad SMARTS) is 1. The quantitative estimate of drug-likeness (QED) is 0.544. The van der Waals surface area contributed by atoms with E-state index in [0.717, 1.165) is 0 Å². The maximum Gasteiger partial charge on any atom is 0.308 e. The molecule has 0 aliphatic heterocycles. The SMILES string of the molecule is CC(COCCCO)C(=O)O. The third kappa shape index (κ3) is 5.82. The smallest absolute Gasteiger partial charge is 0.308 e. The van der Waals surface area contributed by atoms with Crippen LogP contribution < -0.4 is 0 Å². The van der Waals surface area contributed by atoms with Gasteiger partial charge in [0.2, 0.25) is 0 Å². The molecule has 0 aromatic heterocycles. The average Bonchev–Trinajstić information content (AvgIpc) is 1.97. The molecule has 2 N–H and O–H groups in total. The Labute approximate surface area is 65.8 Å². The van der Waals surface area contributed by atoms with Gasteiger partial charge in [-0.15, -0.1) is 0 Å². The van der Waals surface area contributed by atoms with Crippen LogP contribution in [0, 0.1) is 5.92 Å². The number of rotatable bonds is 6. The van der Waals surface area contributed by atoms with E-state index in [2.05, 4.69) is 0 Å². The molecule has 1 atom stereocenters. The van der Waals surface area contributed by atoms with E-state index in [9.17, 15) is 4.79 Å². The number of aliphatic hydroxyl groups is 1. The first-order valence-electron chi connectivity index (χ1n) is 3.60. The maximum absolute atomic E-state index is 10.2. The van der Waals surface area contributed by atoms with Gasteiger partial charge in [0.25, 0.3) is 0 Å². The van der Waals surface area contributed by atoms with E-state index in [1.165, 1.54) is 0 Å². The van der Waals surface area contributed by atoms with Gasteiger partial charge in [-0.2, -0.15) is 0 Å². The summed E-state index contributed by atoms with van der Waals surface area (Å²) >= 11 is 0. The lowest BCUT2D eigenvalue weighted by atomic mass is 10.2. The van der Waals surface area contributed by atoms with Crippen LogP contribution in [-0.4, -0.2) is 36.0 Å². The van der Waals surface area contributed by atoms with E-state index < -0.39 is 11.9 Å². The third-order valence-corrected chi connectivity index (χ3v) is 1.24. The summed E-state index contributed by atoms with van der Waals surface area (Å²) in [5.41, 5.74) is 0. The fourth-order valence-corrected chi connectivity index (χ4v) is 0.498. The minimum absolute atomic E-state index is 0.0848. The van der Waals surface area contributed by atoms with Crippen molar-refractivity contribution < 1.29 is 19.7 Å². The number of hydrogen-bond donors (Lipinski definition) is 2. The second-order valence-corrected chi connectivity index (χ2v) is 2.39. The minimum Gasteiger partial charge on any atom is -0.481 e. The number of aliphatic carboxylic acids is 1. The van der Waals surface area contributed by atoms with Gasteiger partial charge in [0.05, 0.1) is 12.5 Å². The van der Waals surface area contributed by atoms with Gasteiger partial charge >= 0.3 is 5.97 Å². The van der Waals surface area contributed by atoms with Gasteiger partial charge in [-0.05, 0) is 13.3 Å². The van der Waals surface area contributed by atoms with Crippen LogP contribution in [0.3, 0.4) is 0 Å². The molecule has 4 nitrogen and oxygen atoms in total. The van der Waals surface area contributed by atoms with Gasteiger partial charge in [0.15, 0.2) is 0 Å². The molecular weight excluding hydrogens is 148 g/mol. The van der Waals surface area contributed by atoms with Crippen molar-refractivity contribution in [3.05, 3.63) is 0 Å². The Morgan fingerprint density at radius 1 is 1.64 bits per heavy atom. The lowest BCUT2D eigenvalue weighted by Crippen LogP contribution is -2.16. The molecule has 0 rings (SSSR count). The molecule has 0 amide bonds. The molecule has 0 aromatic rings. The summed E-state index contributed by atoms with van der Waals surface area (Å²) in [5.74, 6) is -1.32. The molecule has 0 saturated heterocycles. The van der Waals surface area contributed by atoms with Crippen molar-refractivity contribution in [2.24, 2.45) is 5.92 Å². The van der Waals surface area contributed by atoms with Crippen LogP contribution in [0.25, 0.3) is 0 Å². The van der Waals surface area contributed by atoms with Crippen molar-refractivity contribution in [1.82, 2.24) is 0 Å². The van der Waals surface area contributed by atoms with Crippen LogP contribution in [0.4, 0.5) is 0 Å². The van der Waals surface area contributed by atoms with Crippen LogP contribution in [0.5, 0.6) is 0 Å². The van der Waals surface area contributed by atoms with Crippen LogP contribution >= 0.6 is 0 Å². The predicted octanol–water partition coefficient (Wildman–Crippen LogP) is 0.106. The normalized spacial score (nSPS) is 12.9. The number of ether oxygens (including phenoxy) is 1. The first kappa shape index (κ1) is 10.4. The van der Waals surface area contributed by atoms with Crippen molar-refractivity contribution >= 4 is 5.97 Å². The Kier molecular flexibility index (Phi) is 5.78. The summed E-state index contributed by atoms with van der Waals surface area (Å²) in [6.45, 7) is 2.31. The highest BCUT2D eigenvalue weighted by molar-refractivity contribution is 5.69. The fourth-order valence-electron chi connectivity index (χ4n) is 0.498. The second-order valence-electron chi connectivity index (χ2n) is 2.39. The molecule has 0 saturated carbocycles. The number of carbonyl (C=O) groups is 1. The molecule has 0 aliphatic rings. The summed E-state index contributed by atoms with van der Waals surface area (Å²) in [6, 6.07) is 0. The molecule has 0 spiro atoms. The van der Waals surface area contributed by atoms with Crippen molar-refractivity contribution in [2.45, 2.75) is 13.3 Å². The van der Waals surface area contributed by atoms with Crippen molar-refractivity contribution in [1.29, 1.82) is 0 Å². The lowest BCUT2D eigenvalue weighted by Gasteiger charge is -2.05. The Morgan fingerprint density at radius 2 is 2.27 bits per heavy atom. The van der Waals surface area contributed by atoms with Gasteiger partial charge in [0, 0.05) is 13.2 Å². The molecule has 66 valence electrons. The van der Waals surface area contributed by atoms with Crippen LogP contribution in [0.1, 0.15) is 13.3 Å². The zero-order valence-electron chi connectivity index (χ0n) is 6.62. The molecule has 11 heavy (non-hydrogen) atoms. The standard InChI is InChI=1S/C7H14O4/c1-6(7(9)10)5-11-4-2-3-8/h6,8H,2-5H2,1H3,(H,9,10). The summed E-state index contributed by atoms with van der Waals surface area (Å²) in [6.07, 6.45) is 0.562. The highest BCUT2D eigenvalue weighted by Crippen LogP contribution is 1.95.